The lowest BCUT2D eigenvalue weighted by Gasteiger charge is -2.23. The fourth-order valence-electron chi connectivity index (χ4n) is 2.86. The smallest absolute Gasteiger partial charge is 0.213 e. The second-order valence-corrected chi connectivity index (χ2v) is 12.0. The van der Waals surface area contributed by atoms with Crippen molar-refractivity contribution in [3.05, 3.63) is 41.0 Å². The number of hydrogen-bond acceptors (Lipinski definition) is 5. The summed E-state index contributed by atoms with van der Waals surface area (Å²) < 4.78 is 48.2. The molecule has 0 amide bonds. The van der Waals surface area contributed by atoms with Crippen LogP contribution in [0.5, 0.6) is 11.5 Å². The van der Waals surface area contributed by atoms with Gasteiger partial charge in [-0.05, 0) is 52.6 Å². The minimum Gasteiger partial charge on any atom is -0.506 e. The molecular formula is C21H28O6S2. The maximum Gasteiger partial charge on any atom is 0.213 e. The predicted octanol–water partition coefficient (Wildman–Crippen LogP) is 4.41. The van der Waals surface area contributed by atoms with Gasteiger partial charge in [0.05, 0.1) is 0 Å². The predicted molar refractivity (Wildman–Crippen MR) is 113 cm³/mol. The Morgan fingerprint density at radius 1 is 0.793 bits per heavy atom. The van der Waals surface area contributed by atoms with Gasteiger partial charge in [-0.15, -0.1) is 0 Å². The van der Waals surface area contributed by atoms with Crippen molar-refractivity contribution in [2.75, 3.05) is 0 Å². The van der Waals surface area contributed by atoms with E-state index < -0.39 is 42.7 Å². The standard InChI is InChI=1S/C21H28O6S2/c1-12-8-13(20(2,3)4)10-16(18(12)22)29(26,27)17-11-14(21(5,6)7)9-15(19(17)23)28(24)25/h8-11,22-23H,1-7H3,(H,24,25). The zero-order valence-corrected chi connectivity index (χ0v) is 19.3. The molecule has 0 aliphatic rings. The normalized spacial score (nSPS) is 14.1. The van der Waals surface area contributed by atoms with Gasteiger partial charge in [-0.25, -0.2) is 12.6 Å². The highest BCUT2D eigenvalue weighted by atomic mass is 32.2. The average molecular weight is 441 g/mol. The van der Waals surface area contributed by atoms with E-state index >= 15 is 0 Å². The van der Waals surface area contributed by atoms with Crippen LogP contribution in [0.2, 0.25) is 0 Å². The number of phenols is 2. The van der Waals surface area contributed by atoms with Crippen molar-refractivity contribution in [2.24, 2.45) is 0 Å². The van der Waals surface area contributed by atoms with Crippen LogP contribution in [0.25, 0.3) is 0 Å². The van der Waals surface area contributed by atoms with Crippen LogP contribution in [0, 0.1) is 6.92 Å². The van der Waals surface area contributed by atoms with Crippen LogP contribution < -0.4 is 0 Å². The van der Waals surface area contributed by atoms with Gasteiger partial charge in [-0.2, -0.15) is 0 Å². The minimum atomic E-state index is -4.39. The highest BCUT2D eigenvalue weighted by molar-refractivity contribution is 7.91. The lowest BCUT2D eigenvalue weighted by atomic mass is 9.86. The van der Waals surface area contributed by atoms with Crippen molar-refractivity contribution in [3.63, 3.8) is 0 Å². The van der Waals surface area contributed by atoms with Crippen LogP contribution in [0.1, 0.15) is 58.2 Å². The SMILES string of the molecule is Cc1cc(C(C)(C)C)cc(S(=O)(=O)c2cc(C(C)(C)C)cc(S(=O)O)c2O)c1O. The molecule has 0 bridgehead atoms. The summed E-state index contributed by atoms with van der Waals surface area (Å²) in [5, 5.41) is 21.0. The van der Waals surface area contributed by atoms with Crippen molar-refractivity contribution >= 4 is 20.9 Å². The Morgan fingerprint density at radius 3 is 1.62 bits per heavy atom. The molecule has 0 spiro atoms. The fourth-order valence-corrected chi connectivity index (χ4v) is 5.01. The topological polar surface area (TPSA) is 112 Å². The van der Waals surface area contributed by atoms with E-state index in [9.17, 15) is 27.4 Å². The lowest BCUT2D eigenvalue weighted by Crippen LogP contribution is -2.16. The van der Waals surface area contributed by atoms with Gasteiger partial charge in [0, 0.05) is 0 Å². The number of phenolic OH excluding ortho intramolecular Hbond substituents is 2. The Kier molecular flexibility index (Phi) is 5.98. The quantitative estimate of drug-likeness (QED) is 0.609. The van der Waals surface area contributed by atoms with Crippen LogP contribution in [0.3, 0.4) is 0 Å². The molecule has 0 heterocycles. The summed E-state index contributed by atoms with van der Waals surface area (Å²) in [6.45, 7) is 12.8. The minimum absolute atomic E-state index is 0.349. The largest absolute Gasteiger partial charge is 0.506 e. The van der Waals surface area contributed by atoms with E-state index in [-0.39, 0.29) is 15.2 Å². The van der Waals surface area contributed by atoms with Crippen LogP contribution in [0.15, 0.2) is 39.0 Å². The van der Waals surface area contributed by atoms with Crippen molar-refractivity contribution < 1.29 is 27.4 Å². The molecule has 8 heteroatoms. The van der Waals surface area contributed by atoms with Gasteiger partial charge < -0.3 is 14.8 Å². The number of hydrogen-bond donors (Lipinski definition) is 3. The zero-order valence-electron chi connectivity index (χ0n) is 17.7. The van der Waals surface area contributed by atoms with Crippen molar-refractivity contribution in [1.82, 2.24) is 0 Å². The van der Waals surface area contributed by atoms with E-state index in [0.29, 0.717) is 16.7 Å². The average Bonchev–Trinajstić information content (AvgIpc) is 2.54. The molecular weight excluding hydrogens is 412 g/mol. The number of sulfone groups is 1. The molecule has 0 aliphatic heterocycles. The third-order valence-electron chi connectivity index (χ3n) is 4.80. The summed E-state index contributed by atoms with van der Waals surface area (Å²) in [6, 6.07) is 5.71. The first kappa shape index (κ1) is 23.4. The zero-order chi connectivity index (χ0) is 22.5. The molecule has 0 aromatic heterocycles. The molecule has 1 unspecified atom stereocenters. The van der Waals surface area contributed by atoms with E-state index in [4.69, 9.17) is 0 Å². The molecule has 2 aromatic rings. The second-order valence-electron chi connectivity index (χ2n) is 9.21. The molecule has 160 valence electrons. The number of aryl methyl sites for hydroxylation is 1. The number of aromatic hydroxyl groups is 2. The molecule has 0 aliphatic carbocycles. The highest BCUT2D eigenvalue weighted by Crippen LogP contribution is 2.41. The Labute approximate surface area is 174 Å². The van der Waals surface area contributed by atoms with Gasteiger partial charge in [-0.3, -0.25) is 0 Å². The van der Waals surface area contributed by atoms with E-state index in [2.05, 4.69) is 0 Å². The summed E-state index contributed by atoms with van der Waals surface area (Å²) >= 11 is -2.59. The molecule has 1 atom stereocenters. The summed E-state index contributed by atoms with van der Waals surface area (Å²) in [5.41, 5.74) is 0.624. The van der Waals surface area contributed by atoms with Crippen LogP contribution >= 0.6 is 0 Å². The van der Waals surface area contributed by atoms with Crippen molar-refractivity contribution in [3.8, 4) is 11.5 Å². The number of benzene rings is 2. The summed E-state index contributed by atoms with van der Waals surface area (Å²) in [6.07, 6.45) is 0. The van der Waals surface area contributed by atoms with Crippen molar-refractivity contribution in [1.29, 1.82) is 0 Å². The molecule has 0 fully saturated rings. The summed E-state index contributed by atoms with van der Waals surface area (Å²) in [5.74, 6) is -1.21. The summed E-state index contributed by atoms with van der Waals surface area (Å²) in [7, 11) is -4.39. The first-order valence-electron chi connectivity index (χ1n) is 9.05. The third-order valence-corrected chi connectivity index (χ3v) is 7.27. The molecule has 2 rings (SSSR count). The monoisotopic (exact) mass is 440 g/mol. The van der Waals surface area contributed by atoms with E-state index in [1.54, 1.807) is 13.0 Å². The van der Waals surface area contributed by atoms with Crippen molar-refractivity contribution in [2.45, 2.75) is 74.0 Å². The van der Waals surface area contributed by atoms with Gasteiger partial charge in [0.25, 0.3) is 0 Å². The van der Waals surface area contributed by atoms with Crippen LogP contribution in [0.4, 0.5) is 0 Å². The molecule has 29 heavy (non-hydrogen) atoms. The van der Waals surface area contributed by atoms with E-state index in [1.165, 1.54) is 18.2 Å². The Balaban J connectivity index is 2.93. The highest BCUT2D eigenvalue weighted by Gasteiger charge is 2.32. The molecule has 0 saturated carbocycles. The lowest BCUT2D eigenvalue weighted by molar-refractivity contribution is 0.436. The Hall–Kier alpha value is -1.90. The van der Waals surface area contributed by atoms with Gasteiger partial charge in [0.2, 0.25) is 9.84 Å². The van der Waals surface area contributed by atoms with E-state index in [1.807, 2.05) is 41.5 Å². The van der Waals surface area contributed by atoms with Gasteiger partial charge >= 0.3 is 0 Å². The Morgan fingerprint density at radius 2 is 1.21 bits per heavy atom. The molecule has 6 nitrogen and oxygen atoms in total. The second kappa shape index (κ2) is 7.41. The maximum atomic E-state index is 13.5. The molecule has 3 N–H and O–H groups in total. The molecule has 0 radical (unpaired) electrons. The fraction of sp³-hybridized carbons (Fsp3) is 0.429. The first-order valence-corrected chi connectivity index (χ1v) is 11.6. The maximum absolute atomic E-state index is 13.5. The van der Waals surface area contributed by atoms with Crippen LogP contribution in [-0.4, -0.2) is 27.4 Å². The van der Waals surface area contributed by atoms with Gasteiger partial charge in [0.1, 0.15) is 20.4 Å². The molecule has 0 saturated heterocycles. The van der Waals surface area contributed by atoms with Gasteiger partial charge in [0.15, 0.2) is 16.8 Å². The van der Waals surface area contributed by atoms with Gasteiger partial charge in [-0.1, -0.05) is 47.6 Å². The van der Waals surface area contributed by atoms with Crippen LogP contribution in [-0.2, 0) is 31.7 Å². The first-order chi connectivity index (χ1) is 13.0. The van der Waals surface area contributed by atoms with E-state index in [0.717, 1.165) is 0 Å². The third kappa shape index (κ3) is 4.49. The Bertz CT molecular complexity index is 1090. The molecule has 2 aromatic carbocycles. The number of rotatable bonds is 3. The summed E-state index contributed by atoms with van der Waals surface area (Å²) in [4.78, 5) is -1.25.